The summed E-state index contributed by atoms with van der Waals surface area (Å²) < 4.78 is 68.3. The first-order valence-corrected chi connectivity index (χ1v) is 18.4. The minimum absolute atomic E-state index is 0.00698. The fraction of sp³-hybridized carbons (Fsp3) is 0.471. The van der Waals surface area contributed by atoms with Gasteiger partial charge in [-0.25, -0.2) is 13.5 Å². The molecule has 2 aromatic carbocycles. The van der Waals surface area contributed by atoms with Crippen LogP contribution in [0.5, 0.6) is 6.01 Å². The fourth-order valence-electron chi connectivity index (χ4n) is 8.76. The fourth-order valence-corrected chi connectivity index (χ4v) is 10.1. The molecule has 0 amide bonds. The van der Waals surface area contributed by atoms with E-state index in [1.165, 1.54) is 0 Å². The number of ether oxygens (including phenoxy) is 1. The van der Waals surface area contributed by atoms with Crippen molar-refractivity contribution in [3.8, 4) is 17.3 Å². The van der Waals surface area contributed by atoms with Crippen LogP contribution in [-0.4, -0.2) is 95.0 Å². The van der Waals surface area contributed by atoms with Crippen LogP contribution < -0.4 is 19.1 Å². The molecule has 7 heterocycles. The van der Waals surface area contributed by atoms with E-state index < -0.39 is 33.3 Å². The number of aromatic amines is 1. The summed E-state index contributed by atoms with van der Waals surface area (Å²) in [5.41, 5.74) is 1.45. The lowest BCUT2D eigenvalue weighted by Crippen LogP contribution is -2.56. The number of aromatic nitrogens is 5. The summed E-state index contributed by atoms with van der Waals surface area (Å²) in [5.74, 6) is -0.202. The van der Waals surface area contributed by atoms with E-state index >= 15 is 4.39 Å². The molecule has 15 heteroatoms. The molecule has 5 aromatic rings. The second kappa shape index (κ2) is 11.2. The zero-order valence-corrected chi connectivity index (χ0v) is 27.9. The lowest BCUT2D eigenvalue weighted by molar-refractivity contribution is 0.107. The Kier molecular flexibility index (Phi) is 7.10. The zero-order valence-electron chi connectivity index (χ0n) is 27.1. The number of H-pyrrole nitrogens is 1. The van der Waals surface area contributed by atoms with Crippen LogP contribution in [0.15, 0.2) is 36.7 Å². The summed E-state index contributed by atoms with van der Waals surface area (Å²) in [5, 5.41) is 10.3. The van der Waals surface area contributed by atoms with Crippen LogP contribution >= 0.6 is 0 Å². The summed E-state index contributed by atoms with van der Waals surface area (Å²) in [4.78, 5) is 18.4. The van der Waals surface area contributed by atoms with E-state index in [-0.39, 0.29) is 30.4 Å². The number of rotatable bonds is 6. The molecule has 0 radical (unpaired) electrons. The standard InChI is InChI=1S/C34H37F2N9O3S/c1-2-20-6-3-7-21-12-25-23(15-38-42-25)27(26(20)21)30-28(36)29-24(14-37-30)31(44-10-4-8-33(18-44)17-39-49(46,47)43-33)41-32(40-29)48-19-34-9-5-11-45(34)16-22(35)13-34/h3,6-7,12,14-15,22,39,43H,2,4-5,8-11,13,16-19H2,1H3,(H,38,42)/t22-,33?,34+/m1/s1. The number of piperidine rings is 1. The molecular weight excluding hydrogens is 652 g/mol. The lowest BCUT2D eigenvalue weighted by atomic mass is 9.90. The van der Waals surface area contributed by atoms with Gasteiger partial charge in [-0.05, 0) is 61.1 Å². The summed E-state index contributed by atoms with van der Waals surface area (Å²) in [6, 6.07) is 8.04. The maximum atomic E-state index is 17.3. The molecule has 0 aliphatic carbocycles. The molecular formula is C34H37F2N9O3S. The maximum absolute atomic E-state index is 17.3. The van der Waals surface area contributed by atoms with Gasteiger partial charge in [-0.15, -0.1) is 0 Å². The van der Waals surface area contributed by atoms with Crippen molar-refractivity contribution in [2.24, 2.45) is 0 Å². The average Bonchev–Trinajstić information content (AvgIpc) is 3.85. The molecule has 3 atom stereocenters. The predicted molar refractivity (Wildman–Crippen MR) is 182 cm³/mol. The smallest absolute Gasteiger partial charge is 0.319 e. The van der Waals surface area contributed by atoms with Crippen LogP contribution in [0.1, 0.15) is 44.6 Å². The predicted octanol–water partition coefficient (Wildman–Crippen LogP) is 4.15. The normalized spacial score (nSPS) is 26.8. The molecule has 256 valence electrons. The number of halogens is 2. The van der Waals surface area contributed by atoms with E-state index in [0.29, 0.717) is 55.7 Å². The topological polar surface area (TPSA) is 141 Å². The van der Waals surface area contributed by atoms with Crippen molar-refractivity contribution in [2.45, 2.75) is 62.7 Å². The van der Waals surface area contributed by atoms with Gasteiger partial charge in [0, 0.05) is 49.7 Å². The molecule has 12 nitrogen and oxygen atoms in total. The zero-order chi connectivity index (χ0) is 33.5. The Morgan fingerprint density at radius 2 is 2.00 bits per heavy atom. The third-order valence-electron chi connectivity index (χ3n) is 11.0. The van der Waals surface area contributed by atoms with Gasteiger partial charge in [0.15, 0.2) is 5.82 Å². The van der Waals surface area contributed by atoms with Crippen molar-refractivity contribution >= 4 is 48.6 Å². The van der Waals surface area contributed by atoms with Crippen LogP contribution in [0.4, 0.5) is 14.6 Å². The Labute approximate surface area is 281 Å². The van der Waals surface area contributed by atoms with Crippen LogP contribution in [-0.2, 0) is 16.6 Å². The number of hydrogen-bond acceptors (Lipinski definition) is 9. The first-order chi connectivity index (χ1) is 23.7. The third-order valence-corrected chi connectivity index (χ3v) is 12.2. The van der Waals surface area contributed by atoms with Crippen LogP contribution in [0.2, 0.25) is 0 Å². The largest absolute Gasteiger partial charge is 0.461 e. The van der Waals surface area contributed by atoms with E-state index in [1.807, 2.05) is 29.2 Å². The summed E-state index contributed by atoms with van der Waals surface area (Å²) in [6.45, 7) is 4.56. The molecule has 49 heavy (non-hydrogen) atoms. The van der Waals surface area contributed by atoms with Gasteiger partial charge < -0.3 is 9.64 Å². The first-order valence-electron chi connectivity index (χ1n) is 17.0. The third kappa shape index (κ3) is 5.03. The average molecular weight is 690 g/mol. The van der Waals surface area contributed by atoms with Crippen molar-refractivity contribution in [3.63, 3.8) is 0 Å². The van der Waals surface area contributed by atoms with Crippen molar-refractivity contribution in [1.29, 1.82) is 0 Å². The number of aryl methyl sites for hydroxylation is 1. The van der Waals surface area contributed by atoms with Crippen molar-refractivity contribution in [3.05, 3.63) is 48.0 Å². The van der Waals surface area contributed by atoms with E-state index in [4.69, 9.17) is 14.7 Å². The number of nitrogens with zero attached hydrogens (tertiary/aromatic N) is 6. The van der Waals surface area contributed by atoms with Gasteiger partial charge in [-0.2, -0.15) is 28.2 Å². The monoisotopic (exact) mass is 689 g/mol. The Hall–Kier alpha value is -4.05. The van der Waals surface area contributed by atoms with Crippen molar-refractivity contribution < 1.29 is 21.9 Å². The van der Waals surface area contributed by atoms with E-state index in [9.17, 15) is 12.8 Å². The highest BCUT2D eigenvalue weighted by Crippen LogP contribution is 2.43. The second-order valence-electron chi connectivity index (χ2n) is 14.1. The molecule has 0 saturated carbocycles. The molecule has 1 unspecified atom stereocenters. The van der Waals surface area contributed by atoms with Crippen molar-refractivity contribution in [1.82, 2.24) is 39.5 Å². The highest BCUT2D eigenvalue weighted by atomic mass is 32.2. The Morgan fingerprint density at radius 1 is 1.12 bits per heavy atom. The SMILES string of the molecule is CCc1cccc2cc3[nH]ncc3c(-c3ncc4c(N5CCCC6(CNS(=O)(=O)N6)C5)nc(OC[C@@]56CCCN5C[C@H](F)C6)nc4c3F)c12. The number of fused-ring (bicyclic) bond motifs is 4. The summed E-state index contributed by atoms with van der Waals surface area (Å²) in [6.07, 6.45) is 6.57. The van der Waals surface area contributed by atoms with Gasteiger partial charge in [-0.3, -0.25) is 15.0 Å². The number of benzene rings is 2. The highest BCUT2D eigenvalue weighted by Gasteiger charge is 2.50. The Bertz CT molecular complexity index is 2250. The van der Waals surface area contributed by atoms with Crippen LogP contribution in [0.3, 0.4) is 0 Å². The molecule has 3 N–H and O–H groups in total. The molecule has 4 aliphatic rings. The molecule has 3 aromatic heterocycles. The highest BCUT2D eigenvalue weighted by molar-refractivity contribution is 7.87. The van der Waals surface area contributed by atoms with Gasteiger partial charge in [-0.1, -0.05) is 25.1 Å². The number of hydrogen-bond donors (Lipinski definition) is 3. The number of alkyl halides is 1. The molecule has 4 fully saturated rings. The molecule has 1 spiro atoms. The van der Waals surface area contributed by atoms with Gasteiger partial charge in [0.1, 0.15) is 29.8 Å². The number of nitrogens with one attached hydrogen (secondary N) is 3. The lowest BCUT2D eigenvalue weighted by Gasteiger charge is -2.40. The van der Waals surface area contributed by atoms with Crippen LogP contribution in [0, 0.1) is 5.82 Å². The van der Waals surface area contributed by atoms with Gasteiger partial charge in [0.25, 0.3) is 10.2 Å². The van der Waals surface area contributed by atoms with Gasteiger partial charge in [0.05, 0.1) is 28.2 Å². The second-order valence-corrected chi connectivity index (χ2v) is 15.6. The number of anilines is 1. The molecule has 4 aliphatic heterocycles. The minimum Gasteiger partial charge on any atom is -0.461 e. The summed E-state index contributed by atoms with van der Waals surface area (Å²) in [7, 11) is -3.62. The van der Waals surface area contributed by atoms with E-state index in [0.717, 1.165) is 53.0 Å². The van der Waals surface area contributed by atoms with Gasteiger partial charge in [0.2, 0.25) is 0 Å². The molecule has 0 bridgehead atoms. The molecule has 4 saturated heterocycles. The Balaban J connectivity index is 1.21. The Morgan fingerprint density at radius 3 is 2.84 bits per heavy atom. The van der Waals surface area contributed by atoms with E-state index in [1.54, 1.807) is 12.4 Å². The quantitative estimate of drug-likeness (QED) is 0.240. The van der Waals surface area contributed by atoms with Gasteiger partial charge >= 0.3 is 6.01 Å². The van der Waals surface area contributed by atoms with Crippen LogP contribution in [0.25, 0.3) is 43.8 Å². The molecule has 9 rings (SSSR count). The first kappa shape index (κ1) is 31.0. The van der Waals surface area contributed by atoms with Crippen molar-refractivity contribution in [2.75, 3.05) is 44.2 Å². The van der Waals surface area contributed by atoms with E-state index in [2.05, 4.69) is 36.4 Å². The number of pyridine rings is 1. The maximum Gasteiger partial charge on any atom is 0.319 e. The minimum atomic E-state index is -3.62. The summed E-state index contributed by atoms with van der Waals surface area (Å²) >= 11 is 0.